The topological polar surface area (TPSA) is 35.2 Å². The van der Waals surface area contributed by atoms with E-state index < -0.39 is 23.5 Å². The van der Waals surface area contributed by atoms with Crippen molar-refractivity contribution in [1.82, 2.24) is 0 Å². The van der Waals surface area contributed by atoms with Gasteiger partial charge in [-0.05, 0) is 24.1 Å². The van der Waals surface area contributed by atoms with Crippen LogP contribution >= 0.6 is 0 Å². The molecule has 5 heteroatoms. The van der Waals surface area contributed by atoms with Gasteiger partial charge in [-0.1, -0.05) is 18.2 Å². The molecule has 0 saturated heterocycles. The Labute approximate surface area is 120 Å². The largest absolute Gasteiger partial charge is 0.493 e. The van der Waals surface area contributed by atoms with Gasteiger partial charge in [0.1, 0.15) is 11.6 Å². The zero-order valence-corrected chi connectivity index (χ0v) is 11.2. The standard InChI is InChI=1S/C16H14F3NO/c17-12-8-14(19)13(18)7-11(12)16(20)10-5-6-21-15-4-2-1-3-9(10)15/h1-4,7-8,10,16H,5-6,20H2. The Bertz CT molecular complexity index is 675. The monoisotopic (exact) mass is 293 g/mol. The van der Waals surface area contributed by atoms with E-state index >= 15 is 0 Å². The number of hydrogen-bond acceptors (Lipinski definition) is 2. The summed E-state index contributed by atoms with van der Waals surface area (Å²) in [4.78, 5) is 0. The molecule has 2 nitrogen and oxygen atoms in total. The van der Waals surface area contributed by atoms with E-state index in [-0.39, 0.29) is 11.5 Å². The highest BCUT2D eigenvalue weighted by Gasteiger charge is 2.29. The molecule has 2 aromatic carbocycles. The Balaban J connectivity index is 2.00. The Kier molecular flexibility index (Phi) is 3.59. The van der Waals surface area contributed by atoms with Crippen LogP contribution in [0.2, 0.25) is 0 Å². The van der Waals surface area contributed by atoms with Crippen molar-refractivity contribution in [2.24, 2.45) is 5.73 Å². The van der Waals surface area contributed by atoms with Crippen molar-refractivity contribution in [2.45, 2.75) is 18.4 Å². The number of para-hydroxylation sites is 1. The molecule has 1 aliphatic heterocycles. The number of benzene rings is 2. The van der Waals surface area contributed by atoms with Gasteiger partial charge in [-0.15, -0.1) is 0 Å². The van der Waals surface area contributed by atoms with Gasteiger partial charge < -0.3 is 10.5 Å². The highest BCUT2D eigenvalue weighted by atomic mass is 19.2. The normalized spacial score (nSPS) is 18.8. The molecule has 0 aromatic heterocycles. The van der Waals surface area contributed by atoms with E-state index in [1.807, 2.05) is 24.3 Å². The summed E-state index contributed by atoms with van der Waals surface area (Å²) in [5, 5.41) is 0. The lowest BCUT2D eigenvalue weighted by Gasteiger charge is -2.30. The predicted molar refractivity (Wildman–Crippen MR) is 72.5 cm³/mol. The fourth-order valence-electron chi connectivity index (χ4n) is 2.75. The number of fused-ring (bicyclic) bond motifs is 1. The first-order valence-corrected chi connectivity index (χ1v) is 6.69. The molecule has 0 radical (unpaired) electrons. The number of nitrogens with two attached hydrogens (primary N) is 1. The minimum atomic E-state index is -1.21. The molecule has 1 aliphatic rings. The maximum absolute atomic E-state index is 13.9. The van der Waals surface area contributed by atoms with Crippen molar-refractivity contribution in [3.63, 3.8) is 0 Å². The minimum absolute atomic E-state index is 0.0180. The number of hydrogen-bond donors (Lipinski definition) is 1. The van der Waals surface area contributed by atoms with Gasteiger partial charge in [0, 0.05) is 23.6 Å². The molecule has 0 aliphatic carbocycles. The molecule has 2 N–H and O–H groups in total. The van der Waals surface area contributed by atoms with E-state index in [1.54, 1.807) is 0 Å². The fraction of sp³-hybridized carbons (Fsp3) is 0.250. The molecule has 110 valence electrons. The Hall–Kier alpha value is -2.01. The van der Waals surface area contributed by atoms with Gasteiger partial charge in [0.25, 0.3) is 0 Å². The lowest BCUT2D eigenvalue weighted by Crippen LogP contribution is -2.26. The van der Waals surface area contributed by atoms with E-state index in [4.69, 9.17) is 10.5 Å². The first-order valence-electron chi connectivity index (χ1n) is 6.69. The zero-order valence-electron chi connectivity index (χ0n) is 11.2. The van der Waals surface area contributed by atoms with Crippen molar-refractivity contribution >= 4 is 0 Å². The summed E-state index contributed by atoms with van der Waals surface area (Å²) in [5.74, 6) is -2.63. The summed E-state index contributed by atoms with van der Waals surface area (Å²) in [6, 6.07) is 7.97. The Morgan fingerprint density at radius 2 is 1.76 bits per heavy atom. The van der Waals surface area contributed by atoms with E-state index in [0.29, 0.717) is 24.8 Å². The lowest BCUT2D eigenvalue weighted by atomic mass is 9.83. The second-order valence-corrected chi connectivity index (χ2v) is 5.10. The zero-order chi connectivity index (χ0) is 15.0. The van der Waals surface area contributed by atoms with Crippen LogP contribution in [0.15, 0.2) is 36.4 Å². The van der Waals surface area contributed by atoms with Gasteiger partial charge >= 0.3 is 0 Å². The van der Waals surface area contributed by atoms with Crippen LogP contribution in [-0.2, 0) is 0 Å². The average Bonchev–Trinajstić information content (AvgIpc) is 2.49. The third kappa shape index (κ3) is 2.49. The molecule has 0 fully saturated rings. The molecule has 3 rings (SSSR count). The van der Waals surface area contributed by atoms with Gasteiger partial charge in [-0.25, -0.2) is 13.2 Å². The summed E-state index contributed by atoms with van der Waals surface area (Å²) in [6.45, 7) is 0.459. The van der Waals surface area contributed by atoms with Crippen LogP contribution in [0.5, 0.6) is 5.75 Å². The van der Waals surface area contributed by atoms with Crippen LogP contribution < -0.4 is 10.5 Å². The summed E-state index contributed by atoms with van der Waals surface area (Å²) in [6.07, 6.45) is 0.594. The number of halogens is 3. The molecular formula is C16H14F3NO. The Morgan fingerprint density at radius 1 is 1.05 bits per heavy atom. The molecule has 0 saturated carbocycles. The highest BCUT2D eigenvalue weighted by Crippen LogP contribution is 2.40. The molecule has 0 bridgehead atoms. The Morgan fingerprint density at radius 3 is 2.57 bits per heavy atom. The second-order valence-electron chi connectivity index (χ2n) is 5.10. The summed E-state index contributed by atoms with van der Waals surface area (Å²) < 4.78 is 45.8. The molecular weight excluding hydrogens is 279 g/mol. The van der Waals surface area contributed by atoms with Gasteiger partial charge in [0.2, 0.25) is 0 Å². The maximum atomic E-state index is 13.9. The minimum Gasteiger partial charge on any atom is -0.493 e. The predicted octanol–water partition coefficient (Wildman–Crippen LogP) is 3.67. The fourth-order valence-corrected chi connectivity index (χ4v) is 2.75. The van der Waals surface area contributed by atoms with Gasteiger partial charge in [-0.3, -0.25) is 0 Å². The molecule has 1 heterocycles. The number of rotatable bonds is 2. The average molecular weight is 293 g/mol. The molecule has 2 unspecified atom stereocenters. The summed E-state index contributed by atoms with van der Waals surface area (Å²) >= 11 is 0. The molecule has 21 heavy (non-hydrogen) atoms. The van der Waals surface area contributed by atoms with Crippen LogP contribution in [0.25, 0.3) is 0 Å². The molecule has 2 atom stereocenters. The van der Waals surface area contributed by atoms with Gasteiger partial charge in [-0.2, -0.15) is 0 Å². The van der Waals surface area contributed by atoms with Crippen molar-refractivity contribution in [3.8, 4) is 5.75 Å². The summed E-state index contributed by atoms with van der Waals surface area (Å²) in [5.41, 5.74) is 6.96. The van der Waals surface area contributed by atoms with Crippen LogP contribution in [0.1, 0.15) is 29.5 Å². The second kappa shape index (κ2) is 5.41. The van der Waals surface area contributed by atoms with Crippen molar-refractivity contribution < 1.29 is 17.9 Å². The first kappa shape index (κ1) is 13.9. The first-order chi connectivity index (χ1) is 10.1. The van der Waals surface area contributed by atoms with E-state index in [1.165, 1.54) is 0 Å². The van der Waals surface area contributed by atoms with E-state index in [9.17, 15) is 13.2 Å². The van der Waals surface area contributed by atoms with Crippen molar-refractivity contribution in [1.29, 1.82) is 0 Å². The van der Waals surface area contributed by atoms with Gasteiger partial charge in [0.05, 0.1) is 6.61 Å². The van der Waals surface area contributed by atoms with Crippen LogP contribution in [-0.4, -0.2) is 6.61 Å². The SMILES string of the molecule is NC(c1cc(F)c(F)cc1F)C1CCOc2ccccc21. The van der Waals surface area contributed by atoms with Gasteiger partial charge in [0.15, 0.2) is 11.6 Å². The quantitative estimate of drug-likeness (QED) is 0.857. The smallest absolute Gasteiger partial charge is 0.161 e. The van der Waals surface area contributed by atoms with Crippen LogP contribution in [0.4, 0.5) is 13.2 Å². The highest BCUT2D eigenvalue weighted by molar-refractivity contribution is 5.40. The van der Waals surface area contributed by atoms with E-state index in [0.717, 1.165) is 11.6 Å². The third-order valence-electron chi connectivity index (χ3n) is 3.84. The van der Waals surface area contributed by atoms with Crippen molar-refractivity contribution in [3.05, 3.63) is 65.0 Å². The number of ether oxygens (including phenoxy) is 1. The van der Waals surface area contributed by atoms with Crippen molar-refractivity contribution in [2.75, 3.05) is 6.61 Å². The van der Waals surface area contributed by atoms with Crippen LogP contribution in [0.3, 0.4) is 0 Å². The van der Waals surface area contributed by atoms with Crippen LogP contribution in [0, 0.1) is 17.5 Å². The molecule has 0 amide bonds. The molecule has 0 spiro atoms. The lowest BCUT2D eigenvalue weighted by molar-refractivity contribution is 0.254. The summed E-state index contributed by atoms with van der Waals surface area (Å²) in [7, 11) is 0. The molecule has 2 aromatic rings. The third-order valence-corrected chi connectivity index (χ3v) is 3.84. The maximum Gasteiger partial charge on any atom is 0.161 e. The van der Waals surface area contributed by atoms with E-state index in [2.05, 4.69) is 0 Å².